The van der Waals surface area contributed by atoms with Crippen LogP contribution in [0.2, 0.25) is 0 Å². The molecule has 8 heteroatoms. The van der Waals surface area contributed by atoms with E-state index in [4.69, 9.17) is 14.3 Å². The van der Waals surface area contributed by atoms with E-state index in [1.54, 1.807) is 18.3 Å². The van der Waals surface area contributed by atoms with Crippen molar-refractivity contribution in [1.29, 1.82) is 0 Å². The first-order valence-electron chi connectivity index (χ1n) is 9.99. The summed E-state index contributed by atoms with van der Waals surface area (Å²) < 4.78 is 12.7. The van der Waals surface area contributed by atoms with Crippen molar-refractivity contribution in [2.24, 2.45) is 5.16 Å². The van der Waals surface area contributed by atoms with Crippen molar-refractivity contribution in [3.8, 4) is 11.5 Å². The Bertz CT molecular complexity index is 1100. The number of hydrogen-bond donors (Lipinski definition) is 0. The fraction of sp³-hybridized carbons (Fsp3) is 0.208. The number of benzene rings is 3. The van der Waals surface area contributed by atoms with Crippen molar-refractivity contribution in [1.82, 2.24) is 0 Å². The molecule has 0 saturated carbocycles. The minimum atomic E-state index is -0.438. The number of nitrogens with zero attached hydrogens (tertiary/aromatic N) is 2. The highest BCUT2D eigenvalue weighted by Gasteiger charge is 2.12. The highest BCUT2D eigenvalue weighted by Crippen LogP contribution is 2.34. The van der Waals surface area contributed by atoms with E-state index >= 15 is 0 Å². The SMILES string of the molecule is CCOc1cc(/C=N\OCc2cccc([N+](=O)[O-])c2)cc(I)c1OCc1ccc(C)cc1. The third-order valence-electron chi connectivity index (χ3n) is 4.46. The van der Waals surface area contributed by atoms with E-state index < -0.39 is 4.92 Å². The molecular weight excluding hydrogens is 523 g/mol. The minimum absolute atomic E-state index is 0.0206. The van der Waals surface area contributed by atoms with Gasteiger partial charge in [-0.2, -0.15) is 0 Å². The molecule has 32 heavy (non-hydrogen) atoms. The summed E-state index contributed by atoms with van der Waals surface area (Å²) in [6.07, 6.45) is 1.58. The molecule has 7 nitrogen and oxygen atoms in total. The number of rotatable bonds is 10. The molecule has 0 aromatic heterocycles. The average Bonchev–Trinajstić information content (AvgIpc) is 2.78. The van der Waals surface area contributed by atoms with Crippen LogP contribution in [0.5, 0.6) is 11.5 Å². The molecule has 0 spiro atoms. The first-order valence-corrected chi connectivity index (χ1v) is 11.1. The van der Waals surface area contributed by atoms with Gasteiger partial charge in [0.25, 0.3) is 5.69 Å². The maximum atomic E-state index is 10.9. The lowest BCUT2D eigenvalue weighted by molar-refractivity contribution is -0.384. The molecule has 0 heterocycles. The van der Waals surface area contributed by atoms with Gasteiger partial charge in [0, 0.05) is 17.7 Å². The number of halogens is 1. The molecule has 0 aliphatic rings. The molecule has 3 rings (SSSR count). The lowest BCUT2D eigenvalue weighted by Crippen LogP contribution is -2.02. The maximum absolute atomic E-state index is 10.9. The Morgan fingerprint density at radius 2 is 1.81 bits per heavy atom. The van der Waals surface area contributed by atoms with Gasteiger partial charge in [0.2, 0.25) is 0 Å². The van der Waals surface area contributed by atoms with Gasteiger partial charge in [-0.3, -0.25) is 10.1 Å². The molecule has 0 atom stereocenters. The van der Waals surface area contributed by atoms with Crippen LogP contribution in [0.4, 0.5) is 5.69 Å². The predicted octanol–water partition coefficient (Wildman–Crippen LogP) is 6.04. The van der Waals surface area contributed by atoms with E-state index in [9.17, 15) is 10.1 Å². The van der Waals surface area contributed by atoms with Crippen molar-refractivity contribution < 1.29 is 19.2 Å². The van der Waals surface area contributed by atoms with Gasteiger partial charge in [-0.25, -0.2) is 0 Å². The van der Waals surface area contributed by atoms with E-state index in [0.29, 0.717) is 30.3 Å². The van der Waals surface area contributed by atoms with Gasteiger partial charge in [-0.05, 0) is 59.7 Å². The zero-order valence-corrected chi connectivity index (χ0v) is 19.9. The summed E-state index contributed by atoms with van der Waals surface area (Å²) in [4.78, 5) is 15.7. The third-order valence-corrected chi connectivity index (χ3v) is 5.27. The summed E-state index contributed by atoms with van der Waals surface area (Å²) in [5.74, 6) is 1.31. The van der Waals surface area contributed by atoms with Gasteiger partial charge in [-0.15, -0.1) is 0 Å². The van der Waals surface area contributed by atoms with Crippen molar-refractivity contribution in [2.45, 2.75) is 27.1 Å². The fourth-order valence-corrected chi connectivity index (χ4v) is 3.66. The second-order valence-corrected chi connectivity index (χ2v) is 8.13. The fourth-order valence-electron chi connectivity index (χ4n) is 2.88. The first kappa shape index (κ1) is 23.5. The summed E-state index contributed by atoms with van der Waals surface area (Å²) in [5.41, 5.74) is 3.76. The summed E-state index contributed by atoms with van der Waals surface area (Å²) >= 11 is 2.21. The highest BCUT2D eigenvalue weighted by atomic mass is 127. The number of non-ortho nitro benzene ring substituents is 1. The summed E-state index contributed by atoms with van der Waals surface area (Å²) in [7, 11) is 0. The van der Waals surface area contributed by atoms with Crippen LogP contribution >= 0.6 is 22.6 Å². The largest absolute Gasteiger partial charge is 0.490 e. The second kappa shape index (κ2) is 11.5. The van der Waals surface area contributed by atoms with E-state index in [2.05, 4.69) is 46.8 Å². The Balaban J connectivity index is 1.67. The van der Waals surface area contributed by atoms with Crippen LogP contribution in [0.3, 0.4) is 0 Å². The monoisotopic (exact) mass is 546 g/mol. The Labute approximate surface area is 200 Å². The molecule has 0 fully saturated rings. The Hall–Kier alpha value is -3.14. The van der Waals surface area contributed by atoms with Crippen molar-refractivity contribution in [2.75, 3.05) is 6.61 Å². The van der Waals surface area contributed by atoms with Crippen LogP contribution in [-0.4, -0.2) is 17.7 Å². The van der Waals surface area contributed by atoms with E-state index in [1.165, 1.54) is 17.7 Å². The van der Waals surface area contributed by atoms with Crippen molar-refractivity contribution in [3.05, 3.63) is 96.6 Å². The number of nitro groups is 1. The lowest BCUT2D eigenvalue weighted by Gasteiger charge is -2.15. The predicted molar refractivity (Wildman–Crippen MR) is 131 cm³/mol. The molecule has 3 aromatic carbocycles. The number of aryl methyl sites for hydroxylation is 1. The number of nitro benzene ring substituents is 1. The van der Waals surface area contributed by atoms with E-state index in [0.717, 1.165) is 14.7 Å². The lowest BCUT2D eigenvalue weighted by atomic mass is 10.2. The van der Waals surface area contributed by atoms with Crippen LogP contribution in [0.25, 0.3) is 0 Å². The van der Waals surface area contributed by atoms with Crippen molar-refractivity contribution >= 4 is 34.5 Å². The van der Waals surface area contributed by atoms with Crippen LogP contribution < -0.4 is 9.47 Å². The van der Waals surface area contributed by atoms with Crippen LogP contribution in [0.1, 0.15) is 29.2 Å². The van der Waals surface area contributed by atoms with Gasteiger partial charge in [0.15, 0.2) is 11.5 Å². The normalized spacial score (nSPS) is 10.8. The Morgan fingerprint density at radius 3 is 2.53 bits per heavy atom. The number of hydrogen-bond acceptors (Lipinski definition) is 6. The molecule has 0 N–H and O–H groups in total. The smallest absolute Gasteiger partial charge is 0.269 e. The first-order chi connectivity index (χ1) is 15.5. The second-order valence-electron chi connectivity index (χ2n) is 6.97. The average molecular weight is 546 g/mol. The number of ether oxygens (including phenoxy) is 2. The van der Waals surface area contributed by atoms with Crippen LogP contribution in [0.15, 0.2) is 65.8 Å². The molecule has 3 aromatic rings. The van der Waals surface area contributed by atoms with Gasteiger partial charge < -0.3 is 14.3 Å². The minimum Gasteiger partial charge on any atom is -0.490 e. The van der Waals surface area contributed by atoms with Gasteiger partial charge >= 0.3 is 0 Å². The molecule has 0 unspecified atom stereocenters. The topological polar surface area (TPSA) is 83.2 Å². The van der Waals surface area contributed by atoms with Gasteiger partial charge in [-0.1, -0.05) is 47.1 Å². The molecule has 0 amide bonds. The highest BCUT2D eigenvalue weighted by molar-refractivity contribution is 14.1. The molecule has 0 aliphatic carbocycles. The van der Waals surface area contributed by atoms with Crippen molar-refractivity contribution in [3.63, 3.8) is 0 Å². The maximum Gasteiger partial charge on any atom is 0.269 e. The van der Waals surface area contributed by atoms with E-state index in [-0.39, 0.29) is 12.3 Å². The zero-order chi connectivity index (χ0) is 22.9. The zero-order valence-electron chi connectivity index (χ0n) is 17.8. The summed E-state index contributed by atoms with van der Waals surface area (Å²) in [6, 6.07) is 18.2. The Kier molecular flexibility index (Phi) is 8.43. The number of oxime groups is 1. The van der Waals surface area contributed by atoms with Gasteiger partial charge in [0.1, 0.15) is 13.2 Å². The van der Waals surface area contributed by atoms with E-state index in [1.807, 2.05) is 31.2 Å². The molecule has 0 aliphatic heterocycles. The quantitative estimate of drug-likeness (QED) is 0.134. The summed E-state index contributed by atoms with van der Waals surface area (Å²) in [6.45, 7) is 5.04. The standard InChI is InChI=1S/C24H23IN2O5/c1-3-30-23-13-20(14-26-32-16-19-5-4-6-21(11-19)27(28)29)12-22(25)24(23)31-15-18-9-7-17(2)8-10-18/h4-14H,3,15-16H2,1-2H3/b26-14-. The van der Waals surface area contributed by atoms with Crippen LogP contribution in [-0.2, 0) is 18.1 Å². The molecule has 0 bridgehead atoms. The molecule has 166 valence electrons. The molecule has 0 radical (unpaired) electrons. The van der Waals surface area contributed by atoms with Crippen LogP contribution in [0, 0.1) is 20.6 Å². The molecule has 0 saturated heterocycles. The summed E-state index contributed by atoms with van der Waals surface area (Å²) in [5, 5.41) is 14.9. The molecular formula is C24H23IN2O5. The van der Waals surface area contributed by atoms with Gasteiger partial charge in [0.05, 0.1) is 21.3 Å². The Morgan fingerprint density at radius 1 is 1.03 bits per heavy atom. The third kappa shape index (κ3) is 6.68.